The SMILES string of the molecule is COc1ccc(Cc2ncccn2)cc1N. The van der Waals surface area contributed by atoms with Gasteiger partial charge in [0.25, 0.3) is 0 Å². The van der Waals surface area contributed by atoms with Gasteiger partial charge in [0.2, 0.25) is 0 Å². The second-order valence-electron chi connectivity index (χ2n) is 3.42. The summed E-state index contributed by atoms with van der Waals surface area (Å²) in [7, 11) is 1.60. The number of aromatic nitrogens is 2. The van der Waals surface area contributed by atoms with Crippen molar-refractivity contribution in [3.63, 3.8) is 0 Å². The zero-order valence-electron chi connectivity index (χ0n) is 9.05. The predicted molar refractivity (Wildman–Crippen MR) is 62.2 cm³/mol. The van der Waals surface area contributed by atoms with Gasteiger partial charge in [0.1, 0.15) is 11.6 Å². The highest BCUT2D eigenvalue weighted by Gasteiger charge is 2.02. The molecule has 1 aromatic carbocycles. The zero-order chi connectivity index (χ0) is 11.4. The Labute approximate surface area is 94.1 Å². The first-order chi connectivity index (χ1) is 7.79. The molecule has 82 valence electrons. The maximum absolute atomic E-state index is 5.82. The zero-order valence-corrected chi connectivity index (χ0v) is 9.05. The van der Waals surface area contributed by atoms with E-state index in [-0.39, 0.29) is 0 Å². The maximum Gasteiger partial charge on any atom is 0.141 e. The van der Waals surface area contributed by atoms with E-state index >= 15 is 0 Å². The van der Waals surface area contributed by atoms with Crippen molar-refractivity contribution in [2.45, 2.75) is 6.42 Å². The molecule has 2 aromatic rings. The van der Waals surface area contributed by atoms with Crippen molar-refractivity contribution in [2.24, 2.45) is 0 Å². The third-order valence-corrected chi connectivity index (χ3v) is 2.28. The Morgan fingerprint density at radius 3 is 2.62 bits per heavy atom. The van der Waals surface area contributed by atoms with E-state index in [1.165, 1.54) is 0 Å². The summed E-state index contributed by atoms with van der Waals surface area (Å²) < 4.78 is 5.09. The molecule has 0 aliphatic carbocycles. The first-order valence-corrected chi connectivity index (χ1v) is 4.98. The molecule has 0 unspecified atom stereocenters. The summed E-state index contributed by atoms with van der Waals surface area (Å²) in [5, 5.41) is 0. The molecule has 0 saturated heterocycles. The molecule has 0 radical (unpaired) electrons. The van der Waals surface area contributed by atoms with Crippen LogP contribution in [0.5, 0.6) is 5.75 Å². The minimum atomic E-state index is 0.635. The molecule has 0 bridgehead atoms. The molecular formula is C12H13N3O. The highest BCUT2D eigenvalue weighted by Crippen LogP contribution is 2.22. The molecule has 4 heteroatoms. The normalized spacial score (nSPS) is 10.1. The Morgan fingerprint density at radius 1 is 1.25 bits per heavy atom. The largest absolute Gasteiger partial charge is 0.495 e. The van der Waals surface area contributed by atoms with Gasteiger partial charge >= 0.3 is 0 Å². The number of hydrogen-bond donors (Lipinski definition) is 1. The van der Waals surface area contributed by atoms with Crippen molar-refractivity contribution >= 4 is 5.69 Å². The van der Waals surface area contributed by atoms with Crippen LogP contribution in [0.25, 0.3) is 0 Å². The summed E-state index contributed by atoms with van der Waals surface area (Å²) in [4.78, 5) is 8.33. The van der Waals surface area contributed by atoms with E-state index in [9.17, 15) is 0 Å². The molecule has 0 aliphatic rings. The number of anilines is 1. The van der Waals surface area contributed by atoms with Crippen molar-refractivity contribution in [2.75, 3.05) is 12.8 Å². The molecule has 1 heterocycles. The van der Waals surface area contributed by atoms with E-state index in [1.54, 1.807) is 25.6 Å². The van der Waals surface area contributed by atoms with Crippen LogP contribution in [0.15, 0.2) is 36.7 Å². The van der Waals surface area contributed by atoms with Gasteiger partial charge in [-0.15, -0.1) is 0 Å². The Bertz CT molecular complexity index is 471. The molecule has 0 aliphatic heterocycles. The fourth-order valence-corrected chi connectivity index (χ4v) is 1.50. The third kappa shape index (κ3) is 2.28. The van der Waals surface area contributed by atoms with Gasteiger partial charge in [-0.1, -0.05) is 6.07 Å². The molecule has 16 heavy (non-hydrogen) atoms. The molecule has 0 amide bonds. The lowest BCUT2D eigenvalue weighted by atomic mass is 10.1. The van der Waals surface area contributed by atoms with Gasteiger partial charge in [-0.2, -0.15) is 0 Å². The van der Waals surface area contributed by atoms with Crippen molar-refractivity contribution < 1.29 is 4.74 Å². The topological polar surface area (TPSA) is 61.0 Å². The summed E-state index contributed by atoms with van der Waals surface area (Å²) in [5.74, 6) is 1.48. The predicted octanol–water partition coefficient (Wildman–Crippen LogP) is 1.66. The van der Waals surface area contributed by atoms with Gasteiger partial charge in [-0.05, 0) is 23.8 Å². The standard InChI is InChI=1S/C12H13N3O/c1-16-11-4-3-9(7-10(11)13)8-12-14-5-2-6-15-12/h2-7H,8,13H2,1H3. The molecular weight excluding hydrogens is 202 g/mol. The van der Waals surface area contributed by atoms with Crippen LogP contribution in [0.1, 0.15) is 11.4 Å². The maximum atomic E-state index is 5.82. The van der Waals surface area contributed by atoms with E-state index in [1.807, 2.05) is 18.2 Å². The summed E-state index contributed by atoms with van der Waals surface area (Å²) in [6, 6.07) is 7.50. The lowest BCUT2D eigenvalue weighted by molar-refractivity contribution is 0.417. The van der Waals surface area contributed by atoms with Gasteiger partial charge in [-0.25, -0.2) is 9.97 Å². The van der Waals surface area contributed by atoms with Crippen molar-refractivity contribution in [3.05, 3.63) is 48.0 Å². The van der Waals surface area contributed by atoms with Gasteiger partial charge in [0.05, 0.1) is 12.8 Å². The van der Waals surface area contributed by atoms with Crippen LogP contribution < -0.4 is 10.5 Å². The molecule has 2 rings (SSSR count). The van der Waals surface area contributed by atoms with E-state index in [2.05, 4.69) is 9.97 Å². The number of nitrogens with two attached hydrogens (primary N) is 1. The minimum Gasteiger partial charge on any atom is -0.495 e. The minimum absolute atomic E-state index is 0.635. The first-order valence-electron chi connectivity index (χ1n) is 4.98. The summed E-state index contributed by atoms with van der Waals surface area (Å²) in [6.45, 7) is 0. The highest BCUT2D eigenvalue weighted by molar-refractivity contribution is 5.54. The number of ether oxygens (including phenoxy) is 1. The summed E-state index contributed by atoms with van der Waals surface area (Å²) in [6.07, 6.45) is 4.14. The molecule has 4 nitrogen and oxygen atoms in total. The Kier molecular flexibility index (Phi) is 3.00. The fourth-order valence-electron chi connectivity index (χ4n) is 1.50. The number of nitrogen functional groups attached to an aromatic ring is 1. The van der Waals surface area contributed by atoms with Crippen LogP contribution in [-0.4, -0.2) is 17.1 Å². The van der Waals surface area contributed by atoms with Gasteiger partial charge in [-0.3, -0.25) is 0 Å². The number of benzene rings is 1. The number of methoxy groups -OCH3 is 1. The van der Waals surface area contributed by atoms with Gasteiger partial charge in [0, 0.05) is 18.8 Å². The quantitative estimate of drug-likeness (QED) is 0.791. The van der Waals surface area contributed by atoms with E-state index in [0.717, 1.165) is 11.4 Å². The van der Waals surface area contributed by atoms with Crippen LogP contribution in [0, 0.1) is 0 Å². The second-order valence-corrected chi connectivity index (χ2v) is 3.42. The van der Waals surface area contributed by atoms with E-state index < -0.39 is 0 Å². The second kappa shape index (κ2) is 4.61. The molecule has 0 fully saturated rings. The van der Waals surface area contributed by atoms with Gasteiger partial charge in [0.15, 0.2) is 0 Å². The smallest absolute Gasteiger partial charge is 0.141 e. The van der Waals surface area contributed by atoms with Crippen LogP contribution in [0.2, 0.25) is 0 Å². The van der Waals surface area contributed by atoms with Crippen LogP contribution in [-0.2, 0) is 6.42 Å². The monoisotopic (exact) mass is 215 g/mol. The number of hydrogen-bond acceptors (Lipinski definition) is 4. The molecule has 1 aromatic heterocycles. The van der Waals surface area contributed by atoms with Crippen molar-refractivity contribution in [1.29, 1.82) is 0 Å². The Morgan fingerprint density at radius 2 is 2.00 bits per heavy atom. The number of nitrogens with zero attached hydrogens (tertiary/aromatic N) is 2. The average Bonchev–Trinajstić information content (AvgIpc) is 2.31. The van der Waals surface area contributed by atoms with Crippen LogP contribution >= 0.6 is 0 Å². The molecule has 0 spiro atoms. The van der Waals surface area contributed by atoms with Crippen molar-refractivity contribution in [3.8, 4) is 5.75 Å². The molecule has 2 N–H and O–H groups in total. The lowest BCUT2D eigenvalue weighted by Gasteiger charge is -2.06. The summed E-state index contributed by atoms with van der Waals surface area (Å²) >= 11 is 0. The fraction of sp³-hybridized carbons (Fsp3) is 0.167. The highest BCUT2D eigenvalue weighted by atomic mass is 16.5. The Hall–Kier alpha value is -2.10. The van der Waals surface area contributed by atoms with E-state index in [0.29, 0.717) is 17.9 Å². The van der Waals surface area contributed by atoms with Gasteiger partial charge < -0.3 is 10.5 Å². The third-order valence-electron chi connectivity index (χ3n) is 2.28. The van der Waals surface area contributed by atoms with Crippen LogP contribution in [0.4, 0.5) is 5.69 Å². The molecule has 0 atom stereocenters. The number of rotatable bonds is 3. The van der Waals surface area contributed by atoms with E-state index in [4.69, 9.17) is 10.5 Å². The summed E-state index contributed by atoms with van der Waals surface area (Å²) in [5.41, 5.74) is 7.53. The lowest BCUT2D eigenvalue weighted by Crippen LogP contribution is -1.97. The van der Waals surface area contributed by atoms with Crippen LogP contribution in [0.3, 0.4) is 0 Å². The average molecular weight is 215 g/mol. The Balaban J connectivity index is 2.20. The van der Waals surface area contributed by atoms with Crippen molar-refractivity contribution in [1.82, 2.24) is 9.97 Å². The molecule has 0 saturated carbocycles. The first kappa shape index (κ1) is 10.4.